The molecule has 2 heterocycles. The topological polar surface area (TPSA) is 119 Å². The molecule has 1 unspecified atom stereocenters. The standard InChI is InChI=1S/C23H20Cl2N4O5S/c1-28-20-19(21(32)27-22(28)33)29(10-16(30)11-34-17-8-6-15(25)7-9-17)23(26-20)35-12-18(31)13-2-4-14(24)5-3-13/h2-9,16,30H,10-12H2,1H3,(H,27,32,33). The van der Waals surface area contributed by atoms with Crippen LogP contribution < -0.4 is 16.0 Å². The van der Waals surface area contributed by atoms with Gasteiger partial charge in [0.1, 0.15) is 18.5 Å². The highest BCUT2D eigenvalue weighted by Gasteiger charge is 2.21. The Morgan fingerprint density at radius 2 is 1.74 bits per heavy atom. The Labute approximate surface area is 213 Å². The van der Waals surface area contributed by atoms with Crippen molar-refractivity contribution in [2.45, 2.75) is 17.8 Å². The molecule has 4 rings (SSSR count). The Balaban J connectivity index is 1.59. The highest BCUT2D eigenvalue weighted by Crippen LogP contribution is 2.24. The van der Waals surface area contributed by atoms with Gasteiger partial charge < -0.3 is 14.4 Å². The Kier molecular flexibility index (Phi) is 7.66. The number of carbonyl (C=O) groups excluding carboxylic acids is 1. The molecule has 4 aromatic rings. The third kappa shape index (κ3) is 5.79. The highest BCUT2D eigenvalue weighted by atomic mass is 35.5. The molecule has 1 atom stereocenters. The van der Waals surface area contributed by atoms with Gasteiger partial charge in [-0.15, -0.1) is 0 Å². The van der Waals surface area contributed by atoms with Crippen LogP contribution in [0.4, 0.5) is 0 Å². The Hall–Kier alpha value is -3.05. The summed E-state index contributed by atoms with van der Waals surface area (Å²) in [7, 11) is 1.48. The normalized spacial score (nSPS) is 12.1. The van der Waals surface area contributed by atoms with Crippen LogP contribution in [0.25, 0.3) is 11.2 Å². The number of fused-ring (bicyclic) bond motifs is 1. The zero-order chi connectivity index (χ0) is 25.1. The van der Waals surface area contributed by atoms with Crippen molar-refractivity contribution < 1.29 is 14.6 Å². The van der Waals surface area contributed by atoms with E-state index in [0.717, 1.165) is 11.8 Å². The predicted molar refractivity (Wildman–Crippen MR) is 135 cm³/mol. The van der Waals surface area contributed by atoms with Crippen molar-refractivity contribution in [3.05, 3.63) is 85.0 Å². The minimum atomic E-state index is -1.02. The van der Waals surface area contributed by atoms with Gasteiger partial charge in [0.15, 0.2) is 22.1 Å². The van der Waals surface area contributed by atoms with Crippen molar-refractivity contribution in [3.8, 4) is 5.75 Å². The molecule has 0 aliphatic rings. The number of hydrogen-bond donors (Lipinski definition) is 2. The number of carbonyl (C=O) groups is 1. The molecule has 0 amide bonds. The summed E-state index contributed by atoms with van der Waals surface area (Å²) in [6, 6.07) is 13.2. The van der Waals surface area contributed by atoms with Gasteiger partial charge in [-0.25, -0.2) is 9.78 Å². The average molecular weight is 535 g/mol. The van der Waals surface area contributed by atoms with Crippen molar-refractivity contribution in [1.29, 1.82) is 0 Å². The van der Waals surface area contributed by atoms with Gasteiger partial charge in [0.25, 0.3) is 5.56 Å². The van der Waals surface area contributed by atoms with Gasteiger partial charge in [0.2, 0.25) is 0 Å². The summed E-state index contributed by atoms with van der Waals surface area (Å²) < 4.78 is 8.30. The number of H-pyrrole nitrogens is 1. The zero-order valence-corrected chi connectivity index (χ0v) is 20.7. The predicted octanol–water partition coefficient (Wildman–Crippen LogP) is 3.15. The van der Waals surface area contributed by atoms with Crippen LogP contribution in [0.15, 0.2) is 63.3 Å². The van der Waals surface area contributed by atoms with Gasteiger partial charge in [-0.3, -0.25) is 19.1 Å². The molecule has 0 bridgehead atoms. The molecule has 0 fully saturated rings. The number of ether oxygens (including phenoxy) is 1. The van der Waals surface area contributed by atoms with E-state index < -0.39 is 17.4 Å². The molecule has 0 saturated heterocycles. The molecule has 0 saturated carbocycles. The molecule has 2 aromatic carbocycles. The first-order valence-corrected chi connectivity index (χ1v) is 12.1. The quantitative estimate of drug-likeness (QED) is 0.250. The summed E-state index contributed by atoms with van der Waals surface area (Å²) in [6.45, 7) is -0.123. The maximum atomic E-state index is 12.6. The number of ketones is 1. The lowest BCUT2D eigenvalue weighted by Gasteiger charge is -2.15. The van der Waals surface area contributed by atoms with Crippen LogP contribution in [0.5, 0.6) is 5.75 Å². The number of benzene rings is 2. The van der Waals surface area contributed by atoms with Crippen LogP contribution in [-0.4, -0.2) is 48.5 Å². The Morgan fingerprint density at radius 1 is 1.11 bits per heavy atom. The third-order valence-corrected chi connectivity index (χ3v) is 6.60. The van der Waals surface area contributed by atoms with E-state index >= 15 is 0 Å². The number of nitrogens with zero attached hydrogens (tertiary/aromatic N) is 3. The molecule has 0 aliphatic heterocycles. The molecule has 35 heavy (non-hydrogen) atoms. The second-order valence-corrected chi connectivity index (χ2v) is 9.45. The monoisotopic (exact) mass is 534 g/mol. The number of aryl methyl sites for hydroxylation is 1. The number of rotatable bonds is 9. The summed E-state index contributed by atoms with van der Waals surface area (Å²) >= 11 is 12.9. The van der Waals surface area contributed by atoms with Gasteiger partial charge in [-0.1, -0.05) is 35.0 Å². The van der Waals surface area contributed by atoms with Crippen LogP contribution in [0.1, 0.15) is 10.4 Å². The number of aromatic amines is 1. The lowest BCUT2D eigenvalue weighted by atomic mass is 10.1. The maximum Gasteiger partial charge on any atom is 0.329 e. The molecule has 0 radical (unpaired) electrons. The second kappa shape index (κ2) is 10.7. The van der Waals surface area contributed by atoms with Crippen molar-refractivity contribution >= 4 is 51.9 Å². The van der Waals surface area contributed by atoms with Crippen LogP contribution in [0.3, 0.4) is 0 Å². The maximum absolute atomic E-state index is 12.6. The van der Waals surface area contributed by atoms with Crippen molar-refractivity contribution in [2.24, 2.45) is 7.05 Å². The van der Waals surface area contributed by atoms with Crippen molar-refractivity contribution in [1.82, 2.24) is 19.1 Å². The van der Waals surface area contributed by atoms with Crippen LogP contribution >= 0.6 is 35.0 Å². The minimum Gasteiger partial charge on any atom is -0.491 e. The number of aliphatic hydroxyl groups excluding tert-OH is 1. The molecular weight excluding hydrogens is 515 g/mol. The van der Waals surface area contributed by atoms with Gasteiger partial charge in [-0.05, 0) is 48.5 Å². The zero-order valence-electron chi connectivity index (χ0n) is 18.4. The molecule has 2 aromatic heterocycles. The summed E-state index contributed by atoms with van der Waals surface area (Å²) in [5.41, 5.74) is -0.527. The van der Waals surface area contributed by atoms with E-state index in [0.29, 0.717) is 26.5 Å². The van der Waals surface area contributed by atoms with Gasteiger partial charge in [-0.2, -0.15) is 0 Å². The molecule has 9 nitrogen and oxygen atoms in total. The summed E-state index contributed by atoms with van der Waals surface area (Å²) in [5, 5.41) is 12.0. The first-order valence-electron chi connectivity index (χ1n) is 10.4. The lowest BCUT2D eigenvalue weighted by Crippen LogP contribution is -2.30. The lowest BCUT2D eigenvalue weighted by molar-refractivity contribution is 0.0914. The van der Waals surface area contributed by atoms with E-state index in [1.165, 1.54) is 16.2 Å². The number of imidazole rings is 1. The van der Waals surface area contributed by atoms with E-state index in [-0.39, 0.29) is 35.9 Å². The Bertz CT molecular complexity index is 1480. The van der Waals surface area contributed by atoms with E-state index in [2.05, 4.69) is 9.97 Å². The largest absolute Gasteiger partial charge is 0.491 e. The molecule has 2 N–H and O–H groups in total. The van der Waals surface area contributed by atoms with E-state index in [4.69, 9.17) is 27.9 Å². The fourth-order valence-corrected chi connectivity index (χ4v) is 4.48. The van der Waals surface area contributed by atoms with Crippen LogP contribution in [0, 0.1) is 0 Å². The third-order valence-electron chi connectivity index (χ3n) is 5.12. The Morgan fingerprint density at radius 3 is 2.40 bits per heavy atom. The highest BCUT2D eigenvalue weighted by molar-refractivity contribution is 7.99. The van der Waals surface area contributed by atoms with Crippen molar-refractivity contribution in [2.75, 3.05) is 12.4 Å². The molecule has 182 valence electrons. The first-order chi connectivity index (χ1) is 16.7. The van der Waals surface area contributed by atoms with Gasteiger partial charge in [0, 0.05) is 22.7 Å². The van der Waals surface area contributed by atoms with Crippen LogP contribution in [0.2, 0.25) is 10.0 Å². The average Bonchev–Trinajstić information content (AvgIpc) is 3.20. The van der Waals surface area contributed by atoms with Gasteiger partial charge in [0.05, 0.1) is 12.3 Å². The number of Topliss-reactive ketones (excluding diaryl/α,β-unsaturated/α-hetero) is 1. The molecular formula is C23H20Cl2N4O5S. The smallest absolute Gasteiger partial charge is 0.329 e. The number of halogens is 2. The number of nitrogens with one attached hydrogen (secondary N) is 1. The van der Waals surface area contributed by atoms with E-state index in [9.17, 15) is 19.5 Å². The summed E-state index contributed by atoms with van der Waals surface area (Å²) in [4.78, 5) is 44.0. The van der Waals surface area contributed by atoms with E-state index in [1.54, 1.807) is 48.5 Å². The number of aromatic nitrogens is 4. The fourth-order valence-electron chi connectivity index (χ4n) is 3.33. The van der Waals surface area contributed by atoms with E-state index in [1.807, 2.05) is 0 Å². The van der Waals surface area contributed by atoms with Crippen molar-refractivity contribution in [3.63, 3.8) is 0 Å². The fraction of sp³-hybridized carbons (Fsp3) is 0.217. The number of hydrogen-bond acceptors (Lipinski definition) is 7. The van der Waals surface area contributed by atoms with Gasteiger partial charge >= 0.3 is 5.69 Å². The first kappa shape index (κ1) is 25.1. The SMILES string of the molecule is Cn1c(=O)[nH]c(=O)c2c1nc(SCC(=O)c1ccc(Cl)cc1)n2CC(O)COc1ccc(Cl)cc1. The second-order valence-electron chi connectivity index (χ2n) is 7.63. The number of aliphatic hydroxyl groups is 1. The molecule has 12 heteroatoms. The molecule has 0 aliphatic carbocycles. The minimum absolute atomic E-state index is 0.0220. The van der Waals surface area contributed by atoms with Crippen LogP contribution in [-0.2, 0) is 13.6 Å². The summed E-state index contributed by atoms with van der Waals surface area (Å²) in [5.74, 6) is 0.376. The summed E-state index contributed by atoms with van der Waals surface area (Å²) in [6.07, 6.45) is -1.02. The molecule has 0 spiro atoms. The number of thioether (sulfide) groups is 1.